The predicted molar refractivity (Wildman–Crippen MR) is 97.5 cm³/mol. The molecular formula is C20H23NO5. The number of hydrogen-bond acceptors (Lipinski definition) is 5. The summed E-state index contributed by atoms with van der Waals surface area (Å²) in [6.45, 7) is 2.66. The lowest BCUT2D eigenvalue weighted by atomic mass is 10.2. The topological polar surface area (TPSA) is 65.1 Å². The van der Waals surface area contributed by atoms with E-state index in [1.165, 1.54) is 4.90 Å². The van der Waals surface area contributed by atoms with Gasteiger partial charge in [-0.15, -0.1) is 0 Å². The second kappa shape index (κ2) is 10.1. The van der Waals surface area contributed by atoms with E-state index in [-0.39, 0.29) is 19.1 Å². The number of ether oxygens (including phenoxy) is 3. The average molecular weight is 357 g/mol. The van der Waals surface area contributed by atoms with Gasteiger partial charge in [0, 0.05) is 12.6 Å². The summed E-state index contributed by atoms with van der Waals surface area (Å²) in [5, 5.41) is 0. The molecule has 0 radical (unpaired) electrons. The Hall–Kier alpha value is -3.02. The molecule has 0 aliphatic heterocycles. The number of esters is 1. The number of carbonyl (C=O) groups excluding carboxylic acids is 2. The molecule has 0 unspecified atom stereocenters. The summed E-state index contributed by atoms with van der Waals surface area (Å²) in [6, 6.07) is 16.3. The summed E-state index contributed by atoms with van der Waals surface area (Å²) in [5.74, 6) is 0.635. The van der Waals surface area contributed by atoms with Gasteiger partial charge in [0.05, 0.1) is 6.61 Å². The summed E-state index contributed by atoms with van der Waals surface area (Å²) >= 11 is 0. The van der Waals surface area contributed by atoms with E-state index < -0.39 is 5.97 Å². The zero-order chi connectivity index (χ0) is 18.8. The third kappa shape index (κ3) is 6.12. The zero-order valence-electron chi connectivity index (χ0n) is 15.0. The molecule has 0 aliphatic carbocycles. The summed E-state index contributed by atoms with van der Waals surface area (Å²) < 4.78 is 16.0. The van der Waals surface area contributed by atoms with Crippen LogP contribution < -0.4 is 9.47 Å². The molecule has 0 aromatic heterocycles. The third-order valence-electron chi connectivity index (χ3n) is 3.46. The molecule has 0 bridgehead atoms. The van der Waals surface area contributed by atoms with Gasteiger partial charge in [0.1, 0.15) is 31.3 Å². The Kier molecular flexibility index (Phi) is 7.49. The summed E-state index contributed by atoms with van der Waals surface area (Å²) in [4.78, 5) is 25.2. The minimum absolute atomic E-state index is 0.0946. The number of nitrogens with zero attached hydrogens (tertiary/aromatic N) is 1. The molecule has 0 N–H and O–H groups in total. The summed E-state index contributed by atoms with van der Waals surface area (Å²) in [7, 11) is 1.56. The summed E-state index contributed by atoms with van der Waals surface area (Å²) in [5.41, 5.74) is 0.443. The van der Waals surface area contributed by atoms with Crippen LogP contribution in [0.1, 0.15) is 17.3 Å². The van der Waals surface area contributed by atoms with Crippen LogP contribution in [-0.2, 0) is 9.53 Å². The Labute approximate surface area is 153 Å². The van der Waals surface area contributed by atoms with Gasteiger partial charge in [-0.05, 0) is 37.3 Å². The van der Waals surface area contributed by atoms with Crippen LogP contribution >= 0.6 is 0 Å². The standard InChI is InChI=1S/C20H23NO5/c1-3-24-19(22)15-21(2)20(23)16-8-7-11-18(14-16)26-13-12-25-17-9-5-4-6-10-17/h4-11,14H,3,12-13,15H2,1-2H3. The first-order valence-corrected chi connectivity index (χ1v) is 8.42. The van der Waals surface area contributed by atoms with E-state index in [1.807, 2.05) is 30.3 Å². The van der Waals surface area contributed by atoms with Crippen molar-refractivity contribution >= 4 is 11.9 Å². The van der Waals surface area contributed by atoms with Gasteiger partial charge in [0.15, 0.2) is 0 Å². The number of carbonyl (C=O) groups is 2. The fraction of sp³-hybridized carbons (Fsp3) is 0.300. The van der Waals surface area contributed by atoms with E-state index in [2.05, 4.69) is 0 Å². The van der Waals surface area contributed by atoms with Crippen LogP contribution in [0.2, 0.25) is 0 Å². The minimum Gasteiger partial charge on any atom is -0.490 e. The molecule has 0 saturated heterocycles. The Morgan fingerprint density at radius 1 is 0.923 bits per heavy atom. The fourth-order valence-electron chi connectivity index (χ4n) is 2.25. The van der Waals surface area contributed by atoms with Crippen molar-refractivity contribution < 1.29 is 23.8 Å². The highest BCUT2D eigenvalue weighted by Crippen LogP contribution is 2.15. The van der Waals surface area contributed by atoms with Crippen LogP contribution in [-0.4, -0.2) is 50.2 Å². The second-order valence-electron chi connectivity index (χ2n) is 5.50. The van der Waals surface area contributed by atoms with Crippen LogP contribution in [0.4, 0.5) is 0 Å². The highest BCUT2D eigenvalue weighted by molar-refractivity contribution is 5.96. The number of amides is 1. The van der Waals surface area contributed by atoms with Crippen molar-refractivity contribution in [2.24, 2.45) is 0 Å². The molecule has 138 valence electrons. The quantitative estimate of drug-likeness (QED) is 0.510. The average Bonchev–Trinajstić information content (AvgIpc) is 2.66. The molecule has 6 heteroatoms. The van der Waals surface area contributed by atoms with Crippen molar-refractivity contribution in [1.29, 1.82) is 0 Å². The summed E-state index contributed by atoms with van der Waals surface area (Å²) in [6.07, 6.45) is 0. The van der Waals surface area contributed by atoms with Gasteiger partial charge >= 0.3 is 5.97 Å². The smallest absolute Gasteiger partial charge is 0.325 e. The molecule has 0 saturated carbocycles. The SMILES string of the molecule is CCOC(=O)CN(C)C(=O)c1cccc(OCCOc2ccccc2)c1. The molecular weight excluding hydrogens is 334 g/mol. The Balaban J connectivity index is 1.84. The molecule has 0 aliphatic rings. The number of likely N-dealkylation sites (N-methyl/N-ethyl adjacent to an activating group) is 1. The molecule has 2 rings (SSSR count). The Bertz CT molecular complexity index is 717. The van der Waals surface area contributed by atoms with Crippen LogP contribution in [0.5, 0.6) is 11.5 Å². The molecule has 2 aromatic rings. The van der Waals surface area contributed by atoms with E-state index in [1.54, 1.807) is 38.2 Å². The number of para-hydroxylation sites is 1. The van der Waals surface area contributed by atoms with Gasteiger partial charge in [0.25, 0.3) is 5.91 Å². The van der Waals surface area contributed by atoms with Crippen molar-refractivity contribution in [2.45, 2.75) is 6.92 Å². The molecule has 0 heterocycles. The normalized spacial score (nSPS) is 10.1. The molecule has 0 atom stereocenters. The number of benzene rings is 2. The van der Waals surface area contributed by atoms with E-state index in [4.69, 9.17) is 14.2 Å². The molecule has 6 nitrogen and oxygen atoms in total. The maximum absolute atomic E-state index is 12.4. The molecule has 0 fully saturated rings. The lowest BCUT2D eigenvalue weighted by Crippen LogP contribution is -2.33. The van der Waals surface area contributed by atoms with Gasteiger partial charge in [-0.2, -0.15) is 0 Å². The van der Waals surface area contributed by atoms with Gasteiger partial charge in [-0.1, -0.05) is 24.3 Å². The minimum atomic E-state index is -0.436. The molecule has 26 heavy (non-hydrogen) atoms. The largest absolute Gasteiger partial charge is 0.490 e. The second-order valence-corrected chi connectivity index (χ2v) is 5.50. The first kappa shape index (κ1) is 19.3. The van der Waals surface area contributed by atoms with Crippen molar-refractivity contribution in [3.8, 4) is 11.5 Å². The Morgan fingerprint density at radius 2 is 1.58 bits per heavy atom. The monoisotopic (exact) mass is 357 g/mol. The van der Waals surface area contributed by atoms with Crippen LogP contribution in [0.15, 0.2) is 54.6 Å². The van der Waals surface area contributed by atoms with Gasteiger partial charge in [-0.25, -0.2) is 0 Å². The van der Waals surface area contributed by atoms with Gasteiger partial charge in [-0.3, -0.25) is 9.59 Å². The highest BCUT2D eigenvalue weighted by atomic mass is 16.5. The van der Waals surface area contributed by atoms with Crippen molar-refractivity contribution in [1.82, 2.24) is 4.90 Å². The fourth-order valence-corrected chi connectivity index (χ4v) is 2.25. The molecule has 0 spiro atoms. The van der Waals surface area contributed by atoms with E-state index in [0.29, 0.717) is 24.5 Å². The Morgan fingerprint density at radius 3 is 2.27 bits per heavy atom. The van der Waals surface area contributed by atoms with E-state index in [9.17, 15) is 9.59 Å². The lowest BCUT2D eigenvalue weighted by Gasteiger charge is -2.16. The van der Waals surface area contributed by atoms with Crippen LogP contribution in [0.25, 0.3) is 0 Å². The van der Waals surface area contributed by atoms with Gasteiger partial charge < -0.3 is 19.1 Å². The highest BCUT2D eigenvalue weighted by Gasteiger charge is 2.16. The van der Waals surface area contributed by atoms with E-state index in [0.717, 1.165) is 5.75 Å². The lowest BCUT2D eigenvalue weighted by molar-refractivity contribution is -0.143. The molecule has 1 amide bonds. The van der Waals surface area contributed by atoms with E-state index >= 15 is 0 Å². The van der Waals surface area contributed by atoms with Gasteiger partial charge in [0.2, 0.25) is 0 Å². The first-order chi connectivity index (χ1) is 12.6. The molecule has 2 aromatic carbocycles. The zero-order valence-corrected chi connectivity index (χ0v) is 15.0. The maximum Gasteiger partial charge on any atom is 0.325 e. The number of hydrogen-bond donors (Lipinski definition) is 0. The first-order valence-electron chi connectivity index (χ1n) is 8.42. The third-order valence-corrected chi connectivity index (χ3v) is 3.46. The predicted octanol–water partition coefficient (Wildman–Crippen LogP) is 2.78. The van der Waals surface area contributed by atoms with Crippen LogP contribution in [0, 0.1) is 0 Å². The number of rotatable bonds is 9. The van der Waals surface area contributed by atoms with Crippen molar-refractivity contribution in [3.63, 3.8) is 0 Å². The van der Waals surface area contributed by atoms with Crippen molar-refractivity contribution in [2.75, 3.05) is 33.4 Å². The van der Waals surface area contributed by atoms with Crippen molar-refractivity contribution in [3.05, 3.63) is 60.2 Å². The maximum atomic E-state index is 12.4. The van der Waals surface area contributed by atoms with Crippen LogP contribution in [0.3, 0.4) is 0 Å².